The first kappa shape index (κ1) is 46.2. The van der Waals surface area contributed by atoms with E-state index in [4.69, 9.17) is 18.6 Å². The van der Waals surface area contributed by atoms with Gasteiger partial charge < -0.3 is 37.6 Å². The zero-order valence-electron chi connectivity index (χ0n) is 29.2. The summed E-state index contributed by atoms with van der Waals surface area (Å²) in [6, 6.07) is 0. The second-order valence-electron chi connectivity index (χ2n) is 10.6. The van der Waals surface area contributed by atoms with Gasteiger partial charge in [-0.15, -0.1) is 65.8 Å². The molecule has 1 saturated heterocycles. The lowest BCUT2D eigenvalue weighted by molar-refractivity contribution is -0.137. The molecule has 0 bridgehead atoms. The molecule has 20 heteroatoms. The Labute approximate surface area is 340 Å². The van der Waals surface area contributed by atoms with E-state index in [9.17, 15) is 33.6 Å². The molecule has 0 aliphatic carbocycles. The number of carbonyl (C=O) groups is 7. The normalized spacial score (nSPS) is 26.1. The molecule has 0 radical (unpaired) electrons. The van der Waals surface area contributed by atoms with Gasteiger partial charge in [0.1, 0.15) is 10.9 Å². The van der Waals surface area contributed by atoms with Gasteiger partial charge in [-0.1, -0.05) is 17.8 Å². The zero-order chi connectivity index (χ0) is 40.1. The monoisotopic (exact) mass is 847 g/mol. The van der Waals surface area contributed by atoms with Gasteiger partial charge >= 0.3 is 0 Å². The number of nitrogens with two attached hydrogens (primary N) is 1. The molecule has 0 aromatic carbocycles. The molecule has 14 nitrogen and oxygen atoms in total. The highest BCUT2D eigenvalue weighted by Crippen LogP contribution is 2.30. The van der Waals surface area contributed by atoms with E-state index in [1.165, 1.54) is 18.5 Å². The van der Waals surface area contributed by atoms with Gasteiger partial charge in [0, 0.05) is 24.3 Å². The maximum atomic E-state index is 14.7. The Kier molecular flexibility index (Phi) is 21.0. The van der Waals surface area contributed by atoms with Gasteiger partial charge in [0.2, 0.25) is 11.8 Å². The summed E-state index contributed by atoms with van der Waals surface area (Å²) in [4.78, 5) is 96.4. The molecule has 54 heavy (non-hydrogen) atoms. The minimum atomic E-state index is -2.05. The highest BCUT2D eigenvalue weighted by atomic mass is 32.2. The number of Topliss-reactive ketones (excluding diaryl/α,β-unsaturated/α-hetero) is 1. The molecule has 7 atom stereocenters. The van der Waals surface area contributed by atoms with E-state index in [0.29, 0.717) is 11.8 Å². The lowest BCUT2D eigenvalue weighted by Gasteiger charge is -2.37. The van der Waals surface area contributed by atoms with E-state index >= 15 is 0 Å². The summed E-state index contributed by atoms with van der Waals surface area (Å²) >= 11 is 5.27. The van der Waals surface area contributed by atoms with E-state index in [1.807, 2.05) is 0 Å². The number of hydrogen-bond acceptors (Lipinski definition) is 14. The fraction of sp³-hybridized carbons (Fsp3) is 0.441. The maximum Gasteiger partial charge on any atom is 0.257 e. The second-order valence-corrected chi connectivity index (χ2v) is 16.6. The summed E-state index contributed by atoms with van der Waals surface area (Å²) in [5.41, 5.74) is 3.95. The number of amides is 6. The van der Waals surface area contributed by atoms with Gasteiger partial charge in [-0.2, -0.15) is 0 Å². The minimum Gasteiger partial charge on any atom is -0.338 e. The van der Waals surface area contributed by atoms with Crippen molar-refractivity contribution in [2.45, 2.75) is 59.1 Å². The molecule has 7 unspecified atom stereocenters. The summed E-state index contributed by atoms with van der Waals surface area (Å²) in [5.74, 6) is 8.54. The molecular formula is C34H37N7O7S6. The van der Waals surface area contributed by atoms with Crippen LogP contribution in [0.5, 0.6) is 0 Å². The molecule has 2 heterocycles. The summed E-state index contributed by atoms with van der Waals surface area (Å²) in [5, 5.41) is 15.6. The van der Waals surface area contributed by atoms with Crippen LogP contribution in [0, 0.1) is 64.8 Å². The minimum absolute atomic E-state index is 0.0724. The lowest BCUT2D eigenvalue weighted by Crippen LogP contribution is -2.66. The van der Waals surface area contributed by atoms with Crippen molar-refractivity contribution in [2.75, 3.05) is 23.5 Å². The first-order valence-corrected chi connectivity index (χ1v) is 21.7. The van der Waals surface area contributed by atoms with E-state index in [0.717, 1.165) is 58.8 Å². The molecule has 8 N–H and O–H groups in total. The van der Waals surface area contributed by atoms with Gasteiger partial charge in [-0.3, -0.25) is 33.6 Å². The van der Waals surface area contributed by atoms with Crippen molar-refractivity contribution in [3.63, 3.8) is 0 Å². The van der Waals surface area contributed by atoms with Gasteiger partial charge in [0.05, 0.1) is 11.5 Å². The molecule has 1 fully saturated rings. The molecule has 2 aliphatic heterocycles. The summed E-state index contributed by atoms with van der Waals surface area (Å²) in [6.45, 7) is 3.11. The third-order valence-corrected chi connectivity index (χ3v) is 12.3. The van der Waals surface area contributed by atoms with Crippen LogP contribution in [0.1, 0.15) is 26.7 Å². The zero-order valence-corrected chi connectivity index (χ0v) is 34.1. The van der Waals surface area contributed by atoms with E-state index in [-0.39, 0.29) is 17.3 Å². The Morgan fingerprint density at radius 3 is 2.17 bits per heavy atom. The first-order chi connectivity index (χ1) is 25.9. The molecule has 0 aromatic heterocycles. The Hall–Kier alpha value is -3.91. The van der Waals surface area contributed by atoms with Crippen LogP contribution in [0.15, 0.2) is 11.6 Å². The average Bonchev–Trinajstić information content (AvgIpc) is 3.15. The lowest BCUT2D eigenvalue weighted by atomic mass is 9.84. The molecule has 0 aromatic rings. The Bertz CT molecular complexity index is 1760. The number of thioether (sulfide) groups is 6. The van der Waals surface area contributed by atoms with Gasteiger partial charge in [-0.05, 0) is 77.8 Å². The average molecular weight is 848 g/mol. The van der Waals surface area contributed by atoms with Crippen LogP contribution in [0.2, 0.25) is 0 Å². The summed E-state index contributed by atoms with van der Waals surface area (Å²) < 4.78 is 0. The number of carbonyl (C=O) groups excluding carboxylic acids is 7. The van der Waals surface area contributed by atoms with Crippen LogP contribution in [-0.4, -0.2) is 97.1 Å². The third kappa shape index (κ3) is 14.7. The largest absolute Gasteiger partial charge is 0.338 e. The van der Waals surface area contributed by atoms with Crippen LogP contribution >= 0.6 is 70.6 Å². The first-order valence-electron chi connectivity index (χ1n) is 15.5. The van der Waals surface area contributed by atoms with Gasteiger partial charge in [0.25, 0.3) is 23.6 Å². The fourth-order valence-electron chi connectivity index (χ4n) is 4.43. The van der Waals surface area contributed by atoms with Crippen molar-refractivity contribution in [3.8, 4) is 58.9 Å². The molecule has 1 spiro atoms. The quantitative estimate of drug-likeness (QED) is 0.111. The smallest absolute Gasteiger partial charge is 0.257 e. The van der Waals surface area contributed by atoms with Crippen molar-refractivity contribution in [1.82, 2.24) is 31.9 Å². The maximum absolute atomic E-state index is 14.7. The number of rotatable bonds is 10. The SMILES string of the molecule is C#CC#CCSC1NC(=O)C(SCC#CC)NC(=O)C2(CS/C=C\NC1=O)CC(CC(=O)C(N)SC)C(=O)NC(SC#C)C(=O)NC(SC#CC)C(=O)N2. The molecule has 6 amide bonds. The van der Waals surface area contributed by atoms with Crippen LogP contribution in [-0.2, 0) is 33.6 Å². The number of terminal acetylenes is 2. The standard InChI is InChI=1S/C34H37N7O7S6/c1-6-10-12-16-54-29-25(44)36-13-17-50-20-34(33(48)40-31(27(46)38-29)53-15-11-7-2)19-21(18-22(42)23(35)49-5)24(43)37-30(51-9-4)26(45)39-32(28(47)41-34)52-14-8-3/h1,4,13,17,21,23,29-32H,15-16,18-20,35H2,2-3,5H3,(H,36,44)(H,37,43)(H,38,46)(H,39,45)(H,40,48)(H,41,47)/b17-13-. The van der Waals surface area contributed by atoms with Crippen molar-refractivity contribution in [2.24, 2.45) is 11.7 Å². The van der Waals surface area contributed by atoms with Crippen LogP contribution in [0.4, 0.5) is 0 Å². The Morgan fingerprint density at radius 2 is 1.52 bits per heavy atom. The Balaban J connectivity index is 2.81. The second kappa shape index (κ2) is 24.5. The molecule has 0 saturated carbocycles. The fourth-order valence-corrected chi connectivity index (χ4v) is 8.27. The number of nitrogens with one attached hydrogen (secondary N) is 6. The highest BCUT2D eigenvalue weighted by molar-refractivity contribution is 8.05. The van der Waals surface area contributed by atoms with E-state index < -0.39 is 92.4 Å². The van der Waals surface area contributed by atoms with Crippen LogP contribution in [0.3, 0.4) is 0 Å². The molecule has 2 rings (SSSR count). The van der Waals surface area contributed by atoms with Crippen LogP contribution in [0.25, 0.3) is 0 Å². The molecule has 286 valence electrons. The molecule has 2 aliphatic rings. The Morgan fingerprint density at radius 1 is 0.889 bits per heavy atom. The van der Waals surface area contributed by atoms with Crippen molar-refractivity contribution >= 4 is 112 Å². The van der Waals surface area contributed by atoms with Crippen molar-refractivity contribution in [3.05, 3.63) is 11.6 Å². The predicted molar refractivity (Wildman–Crippen MR) is 220 cm³/mol. The van der Waals surface area contributed by atoms with Crippen molar-refractivity contribution in [1.29, 1.82) is 0 Å². The highest BCUT2D eigenvalue weighted by Gasteiger charge is 2.47. The number of ketones is 1. The van der Waals surface area contributed by atoms with Gasteiger partial charge in [0.15, 0.2) is 27.3 Å². The van der Waals surface area contributed by atoms with Gasteiger partial charge in [-0.25, -0.2) is 0 Å². The molecular weight excluding hydrogens is 811 g/mol. The predicted octanol–water partition coefficient (Wildman–Crippen LogP) is -0.264. The topological polar surface area (TPSA) is 218 Å². The van der Waals surface area contributed by atoms with E-state index in [1.54, 1.807) is 13.2 Å². The third-order valence-electron chi connectivity index (χ3n) is 6.98. The van der Waals surface area contributed by atoms with E-state index in [2.05, 4.69) is 77.9 Å². The summed E-state index contributed by atoms with van der Waals surface area (Å²) in [7, 11) is 0. The van der Waals surface area contributed by atoms with Crippen molar-refractivity contribution < 1.29 is 33.6 Å². The van der Waals surface area contributed by atoms with Crippen LogP contribution < -0.4 is 37.6 Å². The summed E-state index contributed by atoms with van der Waals surface area (Å²) in [6.07, 6.45) is 12.6. The number of hydrogen-bond donors (Lipinski definition) is 7.